The molecule has 1 aromatic heterocycles. The Labute approximate surface area is 196 Å². The Bertz CT molecular complexity index is 1360. The van der Waals surface area contributed by atoms with Gasteiger partial charge in [-0.3, -0.25) is 19.0 Å². The fourth-order valence-electron chi connectivity index (χ4n) is 3.28. The average Bonchev–Trinajstić information content (AvgIpc) is 2.75. The first-order valence-electron chi connectivity index (χ1n) is 10.1. The van der Waals surface area contributed by atoms with Gasteiger partial charge in [0.25, 0.3) is 11.5 Å². The number of carbonyl (C=O) groups is 2. The van der Waals surface area contributed by atoms with Gasteiger partial charge in [0.15, 0.2) is 4.77 Å². The molecule has 3 aromatic rings. The molecule has 0 aliphatic carbocycles. The maximum atomic E-state index is 13.2. The Morgan fingerprint density at radius 2 is 1.85 bits per heavy atom. The third-order valence-electron chi connectivity index (χ3n) is 4.88. The summed E-state index contributed by atoms with van der Waals surface area (Å²) in [7, 11) is 1.55. The topological polar surface area (TPSA) is 105 Å². The van der Waals surface area contributed by atoms with Crippen molar-refractivity contribution < 1.29 is 27.5 Å². The second kappa shape index (κ2) is 10.2. The van der Waals surface area contributed by atoms with E-state index in [1.807, 2.05) is 0 Å². The van der Waals surface area contributed by atoms with Crippen LogP contribution in [0.5, 0.6) is 0 Å². The molecule has 0 saturated carbocycles. The number of alkyl halides is 3. The number of ether oxygens (including phenoxy) is 1. The van der Waals surface area contributed by atoms with E-state index in [0.29, 0.717) is 30.5 Å². The van der Waals surface area contributed by atoms with Crippen LogP contribution in [-0.4, -0.2) is 35.1 Å². The number of halogens is 3. The zero-order valence-corrected chi connectivity index (χ0v) is 19.0. The van der Waals surface area contributed by atoms with Crippen LogP contribution in [0.2, 0.25) is 0 Å². The molecule has 8 nitrogen and oxygen atoms in total. The number of aromatic amines is 1. The van der Waals surface area contributed by atoms with Crippen molar-refractivity contribution in [2.75, 3.05) is 24.4 Å². The second-order valence-corrected chi connectivity index (χ2v) is 7.77. The summed E-state index contributed by atoms with van der Waals surface area (Å²) in [6.07, 6.45) is -4.07. The van der Waals surface area contributed by atoms with Gasteiger partial charge in [-0.1, -0.05) is 0 Å². The molecule has 34 heavy (non-hydrogen) atoms. The summed E-state index contributed by atoms with van der Waals surface area (Å²) in [6.45, 7) is 1.99. The number of hydrogen-bond acceptors (Lipinski definition) is 5. The van der Waals surface area contributed by atoms with Crippen molar-refractivity contribution in [2.45, 2.75) is 26.1 Å². The first-order valence-corrected chi connectivity index (χ1v) is 10.5. The normalized spacial score (nSPS) is 11.4. The van der Waals surface area contributed by atoms with Crippen molar-refractivity contribution in [2.24, 2.45) is 0 Å². The summed E-state index contributed by atoms with van der Waals surface area (Å²) in [5.41, 5.74) is -1.18. The molecule has 0 saturated heterocycles. The number of methoxy groups -OCH3 is 1. The minimum absolute atomic E-state index is 0.00740. The van der Waals surface area contributed by atoms with Crippen LogP contribution in [0.4, 0.5) is 24.5 Å². The summed E-state index contributed by atoms with van der Waals surface area (Å²) in [6, 6.07) is 6.79. The van der Waals surface area contributed by atoms with Gasteiger partial charge >= 0.3 is 6.18 Å². The smallest absolute Gasteiger partial charge is 0.385 e. The Balaban J connectivity index is 1.96. The van der Waals surface area contributed by atoms with Crippen LogP contribution in [-0.2, 0) is 22.3 Å². The van der Waals surface area contributed by atoms with Gasteiger partial charge in [-0.05, 0) is 55.0 Å². The number of aromatic nitrogens is 2. The molecule has 12 heteroatoms. The molecule has 0 aliphatic heterocycles. The third kappa shape index (κ3) is 5.69. The maximum Gasteiger partial charge on any atom is 0.416 e. The molecule has 0 aliphatic rings. The second-order valence-electron chi connectivity index (χ2n) is 7.39. The van der Waals surface area contributed by atoms with Crippen LogP contribution in [0.25, 0.3) is 10.9 Å². The number of carbonyl (C=O) groups excluding carboxylic acids is 2. The number of benzene rings is 2. The number of rotatable bonds is 7. The standard InChI is InChI=1S/C22H21F3N4O4S/c1-12(30)26-16-7-5-14(22(23,24)25)11-18(16)27-19(31)13-4-6-15-17(10-13)28-21(34)29(20(15)32)8-3-9-33-2/h4-7,10-11H,3,8-9H2,1-2H3,(H,26,30)(H,27,31)(H,28,34). The number of hydrogen-bond donors (Lipinski definition) is 3. The number of nitrogens with one attached hydrogen (secondary N) is 3. The monoisotopic (exact) mass is 494 g/mol. The number of fused-ring (bicyclic) bond motifs is 1. The Morgan fingerprint density at radius 3 is 2.50 bits per heavy atom. The van der Waals surface area contributed by atoms with E-state index in [9.17, 15) is 27.6 Å². The van der Waals surface area contributed by atoms with Crippen molar-refractivity contribution in [3.63, 3.8) is 0 Å². The van der Waals surface area contributed by atoms with Crippen LogP contribution in [0.3, 0.4) is 0 Å². The van der Waals surface area contributed by atoms with E-state index >= 15 is 0 Å². The SMILES string of the molecule is COCCCn1c(=S)[nH]c2cc(C(=O)Nc3cc(C(F)(F)F)ccc3NC(C)=O)ccc2c1=O. The van der Waals surface area contributed by atoms with Gasteiger partial charge in [-0.15, -0.1) is 0 Å². The van der Waals surface area contributed by atoms with E-state index in [-0.39, 0.29) is 27.3 Å². The van der Waals surface area contributed by atoms with Crippen LogP contribution >= 0.6 is 12.2 Å². The van der Waals surface area contributed by atoms with E-state index in [4.69, 9.17) is 17.0 Å². The lowest BCUT2D eigenvalue weighted by atomic mass is 10.1. The summed E-state index contributed by atoms with van der Waals surface area (Å²) in [5.74, 6) is -1.26. The molecule has 1 heterocycles. The van der Waals surface area contributed by atoms with Crippen molar-refractivity contribution in [1.82, 2.24) is 9.55 Å². The zero-order chi connectivity index (χ0) is 25.0. The Hall–Kier alpha value is -3.51. The van der Waals surface area contributed by atoms with Crippen molar-refractivity contribution in [3.05, 3.63) is 62.6 Å². The minimum Gasteiger partial charge on any atom is -0.385 e. The van der Waals surface area contributed by atoms with Crippen LogP contribution < -0.4 is 16.2 Å². The van der Waals surface area contributed by atoms with Crippen LogP contribution in [0.1, 0.15) is 29.3 Å². The number of H-pyrrole nitrogens is 1. The highest BCUT2D eigenvalue weighted by molar-refractivity contribution is 7.71. The molecular formula is C22H21F3N4O4S. The van der Waals surface area contributed by atoms with E-state index < -0.39 is 23.6 Å². The highest BCUT2D eigenvalue weighted by atomic mass is 32.1. The largest absolute Gasteiger partial charge is 0.416 e. The van der Waals surface area contributed by atoms with E-state index in [2.05, 4.69) is 15.6 Å². The van der Waals surface area contributed by atoms with Crippen LogP contribution in [0.15, 0.2) is 41.2 Å². The van der Waals surface area contributed by atoms with Gasteiger partial charge in [-0.2, -0.15) is 13.2 Å². The summed E-state index contributed by atoms with van der Waals surface area (Å²) in [5, 5.41) is 5.07. The molecule has 3 N–H and O–H groups in total. The van der Waals surface area contributed by atoms with Gasteiger partial charge in [0, 0.05) is 32.7 Å². The average molecular weight is 494 g/mol. The number of nitrogens with zero attached hydrogens (tertiary/aromatic N) is 1. The molecule has 0 radical (unpaired) electrons. The quantitative estimate of drug-likeness (QED) is 0.335. The van der Waals surface area contributed by atoms with E-state index in [0.717, 1.165) is 18.2 Å². The molecule has 3 rings (SSSR count). The number of amides is 2. The van der Waals surface area contributed by atoms with Gasteiger partial charge in [0.05, 0.1) is 27.8 Å². The summed E-state index contributed by atoms with van der Waals surface area (Å²) in [4.78, 5) is 39.9. The predicted octanol–water partition coefficient (Wildman–Crippen LogP) is 4.33. The van der Waals surface area contributed by atoms with Crippen molar-refractivity contribution in [3.8, 4) is 0 Å². The summed E-state index contributed by atoms with van der Waals surface area (Å²) >= 11 is 5.26. The molecule has 0 atom stereocenters. The lowest BCUT2D eigenvalue weighted by Crippen LogP contribution is -2.23. The molecule has 0 bridgehead atoms. The number of anilines is 2. The van der Waals surface area contributed by atoms with Gasteiger partial charge in [0.1, 0.15) is 0 Å². The third-order valence-corrected chi connectivity index (χ3v) is 5.20. The molecule has 2 amide bonds. The van der Waals surface area contributed by atoms with Crippen LogP contribution in [0, 0.1) is 4.77 Å². The Morgan fingerprint density at radius 1 is 1.12 bits per heavy atom. The molecule has 2 aromatic carbocycles. The first-order chi connectivity index (χ1) is 16.0. The predicted molar refractivity (Wildman–Crippen MR) is 124 cm³/mol. The lowest BCUT2D eigenvalue weighted by molar-refractivity contribution is -0.137. The molecule has 0 unspecified atom stereocenters. The van der Waals surface area contributed by atoms with E-state index in [1.165, 1.54) is 29.7 Å². The highest BCUT2D eigenvalue weighted by Crippen LogP contribution is 2.34. The van der Waals surface area contributed by atoms with Gasteiger partial charge < -0.3 is 20.4 Å². The van der Waals surface area contributed by atoms with Crippen molar-refractivity contribution in [1.29, 1.82) is 0 Å². The fraction of sp³-hybridized carbons (Fsp3) is 0.273. The fourth-order valence-corrected chi connectivity index (χ4v) is 3.57. The zero-order valence-electron chi connectivity index (χ0n) is 18.2. The molecule has 0 spiro atoms. The van der Waals surface area contributed by atoms with Gasteiger partial charge in [-0.25, -0.2) is 0 Å². The van der Waals surface area contributed by atoms with Gasteiger partial charge in [0.2, 0.25) is 5.91 Å². The highest BCUT2D eigenvalue weighted by Gasteiger charge is 2.31. The minimum atomic E-state index is -4.64. The van der Waals surface area contributed by atoms with E-state index in [1.54, 1.807) is 7.11 Å². The maximum absolute atomic E-state index is 13.2. The van der Waals surface area contributed by atoms with Crippen molar-refractivity contribution >= 4 is 46.3 Å². The molecule has 180 valence electrons. The lowest BCUT2D eigenvalue weighted by Gasteiger charge is -2.15. The summed E-state index contributed by atoms with van der Waals surface area (Å²) < 4.78 is 46.0. The molecular weight excluding hydrogens is 473 g/mol. The Kier molecular flexibility index (Phi) is 7.52. The first kappa shape index (κ1) is 25.1. The molecule has 0 fully saturated rings.